The second-order valence-electron chi connectivity index (χ2n) is 7.14. The number of hydrogen-bond acceptors (Lipinski definition) is 3. The van der Waals surface area contributed by atoms with Gasteiger partial charge in [0.1, 0.15) is 6.04 Å². The van der Waals surface area contributed by atoms with Gasteiger partial charge in [0.15, 0.2) is 5.96 Å². The Balaban J connectivity index is 1.63. The molecule has 2 aromatic carbocycles. The maximum absolute atomic E-state index is 5.16. The Morgan fingerprint density at radius 1 is 0.880 bits per heavy atom. The van der Waals surface area contributed by atoms with Crippen molar-refractivity contribution in [3.05, 3.63) is 76.9 Å². The summed E-state index contributed by atoms with van der Waals surface area (Å²) in [7, 11) is 0. The lowest BCUT2D eigenvalue weighted by molar-refractivity contribution is 0.494. The van der Waals surface area contributed by atoms with Gasteiger partial charge in [0, 0.05) is 18.7 Å². The lowest BCUT2D eigenvalue weighted by Gasteiger charge is -2.35. The van der Waals surface area contributed by atoms with Crippen molar-refractivity contribution in [3.63, 3.8) is 0 Å². The highest BCUT2D eigenvalue weighted by molar-refractivity contribution is 5.94. The van der Waals surface area contributed by atoms with Crippen LogP contribution in [0.3, 0.4) is 0 Å². The molecule has 1 aliphatic carbocycles. The summed E-state index contributed by atoms with van der Waals surface area (Å²) in [6, 6.07) is 19.7. The van der Waals surface area contributed by atoms with E-state index >= 15 is 0 Å². The van der Waals surface area contributed by atoms with E-state index in [0.29, 0.717) is 0 Å². The van der Waals surface area contributed by atoms with Crippen LogP contribution in [-0.4, -0.2) is 23.9 Å². The van der Waals surface area contributed by atoms with Gasteiger partial charge in [-0.25, -0.2) is 4.99 Å². The SMILES string of the molecule is c1ccc(C2N=C(N3CCCC3)NC3=C2CCc2ccccc23)cc1. The minimum Gasteiger partial charge on any atom is -0.343 e. The van der Waals surface area contributed by atoms with E-state index in [0.717, 1.165) is 31.9 Å². The molecule has 2 heterocycles. The molecule has 1 atom stereocenters. The Hall–Kier alpha value is -2.55. The number of benzene rings is 2. The first-order chi connectivity index (χ1) is 12.4. The maximum atomic E-state index is 5.16. The number of rotatable bonds is 1. The van der Waals surface area contributed by atoms with Gasteiger partial charge < -0.3 is 10.2 Å². The monoisotopic (exact) mass is 329 g/mol. The fourth-order valence-corrected chi connectivity index (χ4v) is 4.32. The third-order valence-corrected chi connectivity index (χ3v) is 5.61. The predicted molar refractivity (Wildman–Crippen MR) is 102 cm³/mol. The van der Waals surface area contributed by atoms with E-state index < -0.39 is 0 Å². The zero-order valence-electron chi connectivity index (χ0n) is 14.4. The maximum Gasteiger partial charge on any atom is 0.199 e. The topological polar surface area (TPSA) is 27.6 Å². The van der Waals surface area contributed by atoms with Crippen LogP contribution in [0.4, 0.5) is 0 Å². The van der Waals surface area contributed by atoms with Gasteiger partial charge in [-0.3, -0.25) is 0 Å². The normalized spacial score (nSPS) is 22.2. The van der Waals surface area contributed by atoms with E-state index in [1.807, 2.05) is 0 Å². The summed E-state index contributed by atoms with van der Waals surface area (Å²) in [6.07, 6.45) is 4.71. The van der Waals surface area contributed by atoms with Gasteiger partial charge in [-0.15, -0.1) is 0 Å². The van der Waals surface area contributed by atoms with Crippen molar-refractivity contribution < 1.29 is 0 Å². The first kappa shape index (κ1) is 14.8. The number of nitrogens with zero attached hydrogens (tertiary/aromatic N) is 2. The number of nitrogens with one attached hydrogen (secondary N) is 1. The molecule has 1 saturated heterocycles. The fourth-order valence-electron chi connectivity index (χ4n) is 4.32. The highest BCUT2D eigenvalue weighted by Gasteiger charge is 2.32. The second kappa shape index (κ2) is 6.07. The summed E-state index contributed by atoms with van der Waals surface area (Å²) in [5.41, 5.74) is 6.84. The fraction of sp³-hybridized carbons (Fsp3) is 0.318. The number of fused-ring (bicyclic) bond motifs is 2. The third-order valence-electron chi connectivity index (χ3n) is 5.61. The van der Waals surface area contributed by atoms with Crippen LogP contribution >= 0.6 is 0 Å². The molecule has 0 radical (unpaired) electrons. The van der Waals surface area contributed by atoms with E-state index in [2.05, 4.69) is 64.8 Å². The van der Waals surface area contributed by atoms with Crippen LogP contribution in [0.2, 0.25) is 0 Å². The number of aliphatic imine (C=N–C) groups is 1. The zero-order valence-corrected chi connectivity index (χ0v) is 14.4. The van der Waals surface area contributed by atoms with Crippen molar-refractivity contribution in [3.8, 4) is 0 Å². The Morgan fingerprint density at radius 3 is 2.48 bits per heavy atom. The van der Waals surface area contributed by atoms with Crippen molar-refractivity contribution in [2.24, 2.45) is 4.99 Å². The molecule has 25 heavy (non-hydrogen) atoms. The third kappa shape index (κ3) is 2.55. The van der Waals surface area contributed by atoms with Crippen LogP contribution in [0.1, 0.15) is 42.0 Å². The molecule has 0 saturated carbocycles. The lowest BCUT2D eigenvalue weighted by Crippen LogP contribution is -2.42. The highest BCUT2D eigenvalue weighted by atomic mass is 15.3. The van der Waals surface area contributed by atoms with E-state index in [4.69, 9.17) is 4.99 Å². The molecular weight excluding hydrogens is 306 g/mol. The first-order valence-corrected chi connectivity index (χ1v) is 9.36. The Bertz CT molecular complexity index is 845. The van der Waals surface area contributed by atoms with Gasteiger partial charge in [-0.2, -0.15) is 0 Å². The molecule has 3 nitrogen and oxygen atoms in total. The summed E-state index contributed by atoms with van der Waals surface area (Å²) in [5, 5.41) is 3.71. The first-order valence-electron chi connectivity index (χ1n) is 9.36. The second-order valence-corrected chi connectivity index (χ2v) is 7.14. The Kier molecular flexibility index (Phi) is 3.58. The van der Waals surface area contributed by atoms with Crippen LogP contribution in [0.15, 0.2) is 65.2 Å². The van der Waals surface area contributed by atoms with Gasteiger partial charge in [0.05, 0.1) is 5.70 Å². The molecule has 2 aliphatic heterocycles. The smallest absolute Gasteiger partial charge is 0.199 e. The van der Waals surface area contributed by atoms with Crippen LogP contribution in [0.25, 0.3) is 5.70 Å². The van der Waals surface area contributed by atoms with Crippen molar-refractivity contribution >= 4 is 11.7 Å². The molecule has 0 bridgehead atoms. The standard InChI is InChI=1S/C22H23N3/c1-2-9-17(10-3-1)20-19-13-12-16-8-4-5-11-18(16)21(19)24-22(23-20)25-14-6-7-15-25/h1-5,8-11,20H,6-7,12-15H2,(H,23,24). The molecule has 3 heteroatoms. The molecule has 0 aromatic heterocycles. The Labute approximate surface area is 149 Å². The average molecular weight is 329 g/mol. The molecule has 2 aromatic rings. The number of guanidine groups is 1. The molecule has 0 amide bonds. The lowest BCUT2D eigenvalue weighted by atomic mass is 9.83. The number of likely N-dealkylation sites (tertiary alicyclic amines) is 1. The molecular formula is C22H23N3. The van der Waals surface area contributed by atoms with E-state index in [1.54, 1.807) is 0 Å². The molecule has 1 fully saturated rings. The summed E-state index contributed by atoms with van der Waals surface area (Å²) in [5.74, 6) is 1.06. The molecule has 1 N–H and O–H groups in total. The molecule has 5 rings (SSSR count). The summed E-state index contributed by atoms with van der Waals surface area (Å²) < 4.78 is 0. The van der Waals surface area contributed by atoms with Gasteiger partial charge in [0.2, 0.25) is 0 Å². The summed E-state index contributed by atoms with van der Waals surface area (Å²) in [6.45, 7) is 2.22. The van der Waals surface area contributed by atoms with Crippen LogP contribution < -0.4 is 5.32 Å². The van der Waals surface area contributed by atoms with Crippen molar-refractivity contribution in [1.29, 1.82) is 0 Å². The van der Waals surface area contributed by atoms with Crippen molar-refractivity contribution in [1.82, 2.24) is 10.2 Å². The summed E-state index contributed by atoms with van der Waals surface area (Å²) >= 11 is 0. The van der Waals surface area contributed by atoms with Crippen LogP contribution in [0, 0.1) is 0 Å². The van der Waals surface area contributed by atoms with E-state index in [9.17, 15) is 0 Å². The van der Waals surface area contributed by atoms with Gasteiger partial charge in [0.25, 0.3) is 0 Å². The molecule has 0 spiro atoms. The minimum absolute atomic E-state index is 0.140. The minimum atomic E-state index is 0.140. The molecule has 126 valence electrons. The van der Waals surface area contributed by atoms with Gasteiger partial charge in [-0.1, -0.05) is 54.6 Å². The molecule has 1 unspecified atom stereocenters. The van der Waals surface area contributed by atoms with Crippen molar-refractivity contribution in [2.45, 2.75) is 31.7 Å². The van der Waals surface area contributed by atoms with Gasteiger partial charge >= 0.3 is 0 Å². The average Bonchev–Trinajstić information content (AvgIpc) is 3.22. The van der Waals surface area contributed by atoms with Crippen LogP contribution in [0.5, 0.6) is 0 Å². The van der Waals surface area contributed by atoms with E-state index in [-0.39, 0.29) is 6.04 Å². The largest absolute Gasteiger partial charge is 0.343 e. The van der Waals surface area contributed by atoms with Crippen molar-refractivity contribution in [2.75, 3.05) is 13.1 Å². The van der Waals surface area contributed by atoms with Gasteiger partial charge in [-0.05, 0) is 42.4 Å². The zero-order chi connectivity index (χ0) is 16.6. The van der Waals surface area contributed by atoms with E-state index in [1.165, 1.54) is 40.8 Å². The Morgan fingerprint density at radius 2 is 1.64 bits per heavy atom. The highest BCUT2D eigenvalue weighted by Crippen LogP contribution is 2.41. The number of hydrogen-bond donors (Lipinski definition) is 1. The van der Waals surface area contributed by atoms with Crippen LogP contribution in [-0.2, 0) is 6.42 Å². The summed E-state index contributed by atoms with van der Waals surface area (Å²) in [4.78, 5) is 7.58. The molecule has 3 aliphatic rings. The predicted octanol–water partition coefficient (Wildman–Crippen LogP) is 4.14. The quantitative estimate of drug-likeness (QED) is 0.851. The number of aryl methyl sites for hydroxylation is 1.